The van der Waals surface area contributed by atoms with E-state index in [1.807, 2.05) is 42.5 Å². The number of rotatable bonds is 3. The first-order valence-corrected chi connectivity index (χ1v) is 6.31. The molecule has 3 heteroatoms. The molecule has 1 aliphatic rings. The quantitative estimate of drug-likeness (QED) is 0.870. The van der Waals surface area contributed by atoms with E-state index in [2.05, 4.69) is 29.7 Å². The van der Waals surface area contributed by atoms with Crippen molar-refractivity contribution in [2.75, 3.05) is 12.4 Å². The number of benzene rings is 1. The molecule has 3 nitrogen and oxygen atoms in total. The largest absolute Gasteiger partial charge is 0.375 e. The number of hydrogen-bond acceptors (Lipinski definition) is 2. The number of aryl methyl sites for hydroxylation is 1. The van der Waals surface area contributed by atoms with E-state index >= 15 is 0 Å². The zero-order valence-corrected chi connectivity index (χ0v) is 11.2. The van der Waals surface area contributed by atoms with Crippen molar-refractivity contribution in [1.82, 2.24) is 5.32 Å². The van der Waals surface area contributed by atoms with Crippen molar-refractivity contribution in [2.24, 2.45) is 0 Å². The highest BCUT2D eigenvalue weighted by molar-refractivity contribution is 5.96. The highest BCUT2D eigenvalue weighted by Crippen LogP contribution is 2.14. The van der Waals surface area contributed by atoms with Crippen LogP contribution in [-0.4, -0.2) is 19.0 Å². The second-order valence-electron chi connectivity index (χ2n) is 4.48. The molecular formula is C16H18N2O. The average molecular weight is 254 g/mol. The van der Waals surface area contributed by atoms with Gasteiger partial charge in [0, 0.05) is 18.3 Å². The minimum absolute atomic E-state index is 0.00464. The first-order chi connectivity index (χ1) is 9.19. The molecule has 98 valence electrons. The maximum Gasteiger partial charge on any atom is 0.250 e. The second kappa shape index (κ2) is 6.05. The lowest BCUT2D eigenvalue weighted by atomic mass is 10.1. The van der Waals surface area contributed by atoms with Crippen LogP contribution in [0.15, 0.2) is 60.2 Å². The van der Waals surface area contributed by atoms with Gasteiger partial charge in [0.25, 0.3) is 5.91 Å². The van der Waals surface area contributed by atoms with Crippen molar-refractivity contribution in [2.45, 2.75) is 13.0 Å². The van der Waals surface area contributed by atoms with E-state index in [-0.39, 0.29) is 11.9 Å². The molecule has 0 radical (unpaired) electrons. The summed E-state index contributed by atoms with van der Waals surface area (Å²) < 4.78 is 0. The molecule has 1 unspecified atom stereocenters. The summed E-state index contributed by atoms with van der Waals surface area (Å²) >= 11 is 0. The predicted molar refractivity (Wildman–Crippen MR) is 79.0 cm³/mol. The fourth-order valence-corrected chi connectivity index (χ4v) is 1.88. The van der Waals surface area contributed by atoms with Crippen molar-refractivity contribution in [3.05, 3.63) is 65.8 Å². The molecule has 1 amide bonds. The van der Waals surface area contributed by atoms with Crippen LogP contribution in [0.1, 0.15) is 5.56 Å². The van der Waals surface area contributed by atoms with Crippen LogP contribution >= 0.6 is 0 Å². The number of anilines is 1. The van der Waals surface area contributed by atoms with E-state index in [4.69, 9.17) is 0 Å². The Labute approximate surface area is 113 Å². The van der Waals surface area contributed by atoms with Gasteiger partial charge < -0.3 is 10.6 Å². The molecule has 2 rings (SSSR count). The molecule has 0 heterocycles. The maximum absolute atomic E-state index is 11.7. The second-order valence-corrected chi connectivity index (χ2v) is 4.48. The Morgan fingerprint density at radius 3 is 2.58 bits per heavy atom. The number of likely N-dealkylation sites (N-methyl/N-ethyl adjacent to an activating group) is 1. The highest BCUT2D eigenvalue weighted by atomic mass is 16.1. The van der Waals surface area contributed by atoms with Gasteiger partial charge in [-0.3, -0.25) is 4.79 Å². The lowest BCUT2D eigenvalue weighted by Crippen LogP contribution is -2.21. The van der Waals surface area contributed by atoms with Crippen LogP contribution in [0.5, 0.6) is 0 Å². The van der Waals surface area contributed by atoms with E-state index in [1.165, 1.54) is 5.56 Å². The molecule has 2 N–H and O–H groups in total. The van der Waals surface area contributed by atoms with Crippen molar-refractivity contribution >= 4 is 11.6 Å². The van der Waals surface area contributed by atoms with Crippen LogP contribution in [0.3, 0.4) is 0 Å². The van der Waals surface area contributed by atoms with E-state index in [9.17, 15) is 4.79 Å². The number of allylic oxidation sites excluding steroid dienone is 2. The predicted octanol–water partition coefficient (Wildman–Crippen LogP) is 2.57. The number of carbonyl (C=O) groups excluding carboxylic acids is 1. The molecule has 1 atom stereocenters. The van der Waals surface area contributed by atoms with Crippen LogP contribution in [0, 0.1) is 6.92 Å². The van der Waals surface area contributed by atoms with Gasteiger partial charge in [0.1, 0.15) is 0 Å². The van der Waals surface area contributed by atoms with Gasteiger partial charge in [-0.2, -0.15) is 0 Å². The summed E-state index contributed by atoms with van der Waals surface area (Å²) in [6, 6.07) is 8.20. The first kappa shape index (κ1) is 13.1. The Morgan fingerprint density at radius 2 is 1.89 bits per heavy atom. The van der Waals surface area contributed by atoms with E-state index in [0.29, 0.717) is 5.57 Å². The smallest absolute Gasteiger partial charge is 0.250 e. The standard InChI is InChI=1S/C16H18N2O/c1-12-7-9-14(10-8-12)18-15-6-4-3-5-13(11-15)16(19)17-2/h3-11,15,18H,1-2H3,(H,17,19). The molecule has 0 aliphatic heterocycles. The molecular weight excluding hydrogens is 236 g/mol. The van der Waals surface area contributed by atoms with Gasteiger partial charge in [0.05, 0.1) is 6.04 Å². The van der Waals surface area contributed by atoms with Crippen molar-refractivity contribution in [1.29, 1.82) is 0 Å². The van der Waals surface area contributed by atoms with E-state index < -0.39 is 0 Å². The van der Waals surface area contributed by atoms with Crippen molar-refractivity contribution in [3.8, 4) is 0 Å². The fraction of sp³-hybridized carbons (Fsp3) is 0.188. The number of amides is 1. The SMILES string of the molecule is CNC(=O)C1=CC(Nc2ccc(C)cc2)C=CC=C1. The zero-order chi connectivity index (χ0) is 13.7. The molecule has 1 aliphatic carbocycles. The summed E-state index contributed by atoms with van der Waals surface area (Å²) in [6.45, 7) is 2.06. The summed E-state index contributed by atoms with van der Waals surface area (Å²) in [5, 5.41) is 6.01. The normalized spacial score (nSPS) is 17.6. The van der Waals surface area contributed by atoms with Crippen molar-refractivity contribution in [3.63, 3.8) is 0 Å². The molecule has 0 spiro atoms. The lowest BCUT2D eigenvalue weighted by Gasteiger charge is -2.13. The summed E-state index contributed by atoms with van der Waals surface area (Å²) in [6.07, 6.45) is 9.56. The summed E-state index contributed by atoms with van der Waals surface area (Å²) in [7, 11) is 1.64. The van der Waals surface area contributed by atoms with Crippen LogP contribution in [-0.2, 0) is 4.79 Å². The summed E-state index contributed by atoms with van der Waals surface area (Å²) in [4.78, 5) is 11.7. The van der Waals surface area contributed by atoms with Gasteiger partial charge in [-0.1, -0.05) is 35.9 Å². The monoisotopic (exact) mass is 254 g/mol. The molecule has 1 aromatic rings. The van der Waals surface area contributed by atoms with E-state index in [0.717, 1.165) is 5.69 Å². The fourth-order valence-electron chi connectivity index (χ4n) is 1.88. The topological polar surface area (TPSA) is 41.1 Å². The zero-order valence-electron chi connectivity index (χ0n) is 11.2. The Morgan fingerprint density at radius 1 is 1.16 bits per heavy atom. The molecule has 19 heavy (non-hydrogen) atoms. The van der Waals surface area contributed by atoms with Crippen LogP contribution in [0.25, 0.3) is 0 Å². The molecule has 0 aromatic heterocycles. The average Bonchev–Trinajstić information content (AvgIpc) is 2.66. The lowest BCUT2D eigenvalue weighted by molar-refractivity contribution is -0.116. The highest BCUT2D eigenvalue weighted by Gasteiger charge is 2.09. The van der Waals surface area contributed by atoms with Gasteiger partial charge in [0.2, 0.25) is 0 Å². The Bertz CT molecular complexity index is 538. The van der Waals surface area contributed by atoms with Gasteiger partial charge in [-0.05, 0) is 31.2 Å². The first-order valence-electron chi connectivity index (χ1n) is 6.31. The summed E-state index contributed by atoms with van der Waals surface area (Å²) in [5.74, 6) is -0.0735. The third kappa shape index (κ3) is 3.58. The van der Waals surface area contributed by atoms with E-state index in [1.54, 1.807) is 7.05 Å². The Balaban J connectivity index is 2.15. The molecule has 1 aromatic carbocycles. The van der Waals surface area contributed by atoms with Gasteiger partial charge in [-0.25, -0.2) is 0 Å². The molecule has 0 saturated carbocycles. The van der Waals surface area contributed by atoms with Crippen LogP contribution in [0.2, 0.25) is 0 Å². The minimum Gasteiger partial charge on any atom is -0.375 e. The van der Waals surface area contributed by atoms with Crippen molar-refractivity contribution < 1.29 is 4.79 Å². The van der Waals surface area contributed by atoms with Gasteiger partial charge in [0.15, 0.2) is 0 Å². The third-order valence-corrected chi connectivity index (χ3v) is 2.94. The minimum atomic E-state index is -0.0735. The number of carbonyl (C=O) groups is 1. The van der Waals surface area contributed by atoms with Gasteiger partial charge in [-0.15, -0.1) is 0 Å². The Hall–Kier alpha value is -2.29. The van der Waals surface area contributed by atoms with Crippen LogP contribution < -0.4 is 10.6 Å². The Kier molecular flexibility index (Phi) is 4.18. The third-order valence-electron chi connectivity index (χ3n) is 2.94. The van der Waals surface area contributed by atoms with Crippen LogP contribution in [0.4, 0.5) is 5.69 Å². The molecule has 0 fully saturated rings. The molecule has 0 saturated heterocycles. The summed E-state index contributed by atoms with van der Waals surface area (Å²) in [5.41, 5.74) is 2.93. The number of nitrogens with one attached hydrogen (secondary N) is 2. The molecule has 0 bridgehead atoms. The van der Waals surface area contributed by atoms with Gasteiger partial charge >= 0.3 is 0 Å². The maximum atomic E-state index is 11.7. The number of hydrogen-bond donors (Lipinski definition) is 2.